The van der Waals surface area contributed by atoms with Crippen molar-refractivity contribution in [2.45, 2.75) is 38.3 Å². The molecule has 32 heavy (non-hydrogen) atoms. The van der Waals surface area contributed by atoms with Crippen molar-refractivity contribution in [1.82, 2.24) is 4.98 Å². The number of rotatable bonds is 8. The predicted molar refractivity (Wildman–Crippen MR) is 119 cm³/mol. The van der Waals surface area contributed by atoms with Crippen molar-refractivity contribution >= 4 is 17.3 Å². The molecule has 0 saturated heterocycles. The van der Waals surface area contributed by atoms with Crippen molar-refractivity contribution in [3.63, 3.8) is 0 Å². The molecule has 1 fully saturated rings. The Labute approximate surface area is 186 Å². The van der Waals surface area contributed by atoms with Crippen LogP contribution in [0.1, 0.15) is 41.6 Å². The fraction of sp³-hybridized carbons (Fsp3) is 0.280. The van der Waals surface area contributed by atoms with Crippen molar-refractivity contribution < 1.29 is 23.8 Å². The first kappa shape index (κ1) is 21.6. The number of nitrogens with zero attached hydrogens (tertiary/aromatic N) is 2. The van der Waals surface area contributed by atoms with Crippen molar-refractivity contribution in [2.24, 2.45) is 0 Å². The zero-order chi connectivity index (χ0) is 22.5. The number of hydrogen-bond acceptors (Lipinski definition) is 5. The van der Waals surface area contributed by atoms with Gasteiger partial charge in [-0.3, -0.25) is 4.98 Å². The van der Waals surface area contributed by atoms with Gasteiger partial charge in [-0.2, -0.15) is 0 Å². The quantitative estimate of drug-likeness (QED) is 0.497. The van der Waals surface area contributed by atoms with Crippen LogP contribution >= 0.6 is 0 Å². The number of benzene rings is 2. The Morgan fingerprint density at radius 1 is 1.06 bits per heavy atom. The van der Waals surface area contributed by atoms with Gasteiger partial charge in [-0.15, -0.1) is 0 Å². The molecule has 6 nitrogen and oxygen atoms in total. The molecule has 1 N–H and O–H groups in total. The molecule has 1 heterocycles. The molecule has 2 aromatic carbocycles. The normalized spacial score (nSPS) is 13.7. The second kappa shape index (κ2) is 9.68. The molecule has 1 aliphatic carbocycles. The summed E-state index contributed by atoms with van der Waals surface area (Å²) in [7, 11) is 1.61. The standard InChI is InChI=1S/C25H25FN2O4/c1-31-23-11-10-21(13-24(23)32-22-4-2-3-5-22)28(16-17-12-19(26)15-27-14-17)20-8-6-18(7-9-20)25(29)30/h6-15,22H,2-5,16H2,1H3,(H,29,30). The monoisotopic (exact) mass is 436 g/mol. The number of carboxylic acids is 1. The highest BCUT2D eigenvalue weighted by atomic mass is 19.1. The average Bonchev–Trinajstić information content (AvgIpc) is 3.31. The minimum atomic E-state index is -0.992. The van der Waals surface area contributed by atoms with E-state index in [2.05, 4.69) is 4.98 Å². The van der Waals surface area contributed by atoms with Gasteiger partial charge >= 0.3 is 5.97 Å². The maximum atomic E-state index is 13.8. The SMILES string of the molecule is COc1ccc(N(Cc2cncc(F)c2)c2ccc(C(=O)O)cc2)cc1OC1CCCC1. The largest absolute Gasteiger partial charge is 0.493 e. The number of anilines is 2. The van der Waals surface area contributed by atoms with E-state index in [-0.39, 0.29) is 11.7 Å². The van der Waals surface area contributed by atoms with E-state index in [1.165, 1.54) is 6.07 Å². The van der Waals surface area contributed by atoms with Crippen molar-refractivity contribution in [3.05, 3.63) is 77.9 Å². The Balaban J connectivity index is 1.71. The number of halogens is 1. The Morgan fingerprint density at radius 3 is 2.44 bits per heavy atom. The van der Waals surface area contributed by atoms with E-state index in [1.807, 2.05) is 23.1 Å². The lowest BCUT2D eigenvalue weighted by Gasteiger charge is -2.27. The van der Waals surface area contributed by atoms with E-state index in [0.717, 1.165) is 43.3 Å². The lowest BCUT2D eigenvalue weighted by atomic mass is 10.1. The first-order valence-electron chi connectivity index (χ1n) is 10.6. The second-order valence-electron chi connectivity index (χ2n) is 7.81. The Hall–Kier alpha value is -3.61. The van der Waals surface area contributed by atoms with Crippen molar-refractivity contribution in [2.75, 3.05) is 12.0 Å². The number of aromatic nitrogens is 1. The molecule has 0 atom stereocenters. The van der Waals surface area contributed by atoms with Crippen molar-refractivity contribution in [1.29, 1.82) is 0 Å². The highest BCUT2D eigenvalue weighted by Crippen LogP contribution is 2.37. The number of carbonyl (C=O) groups is 1. The third-order valence-corrected chi connectivity index (χ3v) is 5.58. The van der Waals surface area contributed by atoms with E-state index in [0.29, 0.717) is 23.6 Å². The predicted octanol–water partition coefficient (Wildman–Crippen LogP) is 5.59. The summed E-state index contributed by atoms with van der Waals surface area (Å²) in [6.45, 7) is 0.340. The van der Waals surface area contributed by atoms with Crippen LogP contribution in [-0.4, -0.2) is 29.3 Å². The summed E-state index contributed by atoms with van der Waals surface area (Å²) >= 11 is 0. The molecular formula is C25H25FN2O4. The molecule has 1 aromatic heterocycles. The van der Waals surface area contributed by atoms with Gasteiger partial charge in [0.05, 0.1) is 25.0 Å². The van der Waals surface area contributed by atoms with Crippen LogP contribution in [0.25, 0.3) is 0 Å². The summed E-state index contributed by atoms with van der Waals surface area (Å²) in [5, 5.41) is 9.23. The van der Waals surface area contributed by atoms with Gasteiger partial charge in [0.15, 0.2) is 11.5 Å². The number of pyridine rings is 1. The first-order valence-corrected chi connectivity index (χ1v) is 10.6. The number of hydrogen-bond donors (Lipinski definition) is 1. The smallest absolute Gasteiger partial charge is 0.335 e. The highest BCUT2D eigenvalue weighted by molar-refractivity contribution is 5.88. The van der Waals surface area contributed by atoms with Crippen LogP contribution in [0.3, 0.4) is 0 Å². The number of ether oxygens (including phenoxy) is 2. The Morgan fingerprint density at radius 2 is 1.78 bits per heavy atom. The van der Waals surface area contributed by atoms with Gasteiger partial charge in [0, 0.05) is 30.2 Å². The molecule has 0 bridgehead atoms. The summed E-state index contributed by atoms with van der Waals surface area (Å²) in [5.41, 5.74) is 2.45. The average molecular weight is 436 g/mol. The third-order valence-electron chi connectivity index (χ3n) is 5.58. The van der Waals surface area contributed by atoms with E-state index in [4.69, 9.17) is 9.47 Å². The summed E-state index contributed by atoms with van der Waals surface area (Å²) in [5.74, 6) is -0.103. The Bertz CT molecular complexity index is 1080. The van der Waals surface area contributed by atoms with Gasteiger partial charge in [-0.25, -0.2) is 9.18 Å². The highest BCUT2D eigenvalue weighted by Gasteiger charge is 2.20. The lowest BCUT2D eigenvalue weighted by molar-refractivity contribution is 0.0697. The van der Waals surface area contributed by atoms with E-state index in [1.54, 1.807) is 37.6 Å². The zero-order valence-corrected chi connectivity index (χ0v) is 17.8. The molecule has 4 rings (SSSR count). The van der Waals surface area contributed by atoms with Crippen LogP contribution in [0.4, 0.5) is 15.8 Å². The van der Waals surface area contributed by atoms with Gasteiger partial charge in [-0.1, -0.05) is 0 Å². The van der Waals surface area contributed by atoms with Crippen LogP contribution in [0.15, 0.2) is 60.9 Å². The molecule has 0 radical (unpaired) electrons. The minimum absolute atomic E-state index is 0.162. The Kier molecular flexibility index (Phi) is 6.54. The fourth-order valence-electron chi connectivity index (χ4n) is 3.95. The molecule has 1 saturated carbocycles. The van der Waals surface area contributed by atoms with Gasteiger partial charge < -0.3 is 19.5 Å². The molecule has 166 valence electrons. The number of carboxylic acid groups (broad SMARTS) is 1. The van der Waals surface area contributed by atoms with Gasteiger partial charge in [0.25, 0.3) is 0 Å². The third kappa shape index (κ3) is 4.99. The fourth-order valence-corrected chi connectivity index (χ4v) is 3.95. The van der Waals surface area contributed by atoms with Gasteiger partial charge in [0.1, 0.15) is 5.82 Å². The summed E-state index contributed by atoms with van der Waals surface area (Å²) in [6, 6.07) is 13.7. The molecule has 7 heteroatoms. The van der Waals surface area contributed by atoms with Gasteiger partial charge in [-0.05, 0) is 73.7 Å². The van der Waals surface area contributed by atoms with Crippen LogP contribution in [0, 0.1) is 5.82 Å². The van der Waals surface area contributed by atoms with Crippen LogP contribution in [-0.2, 0) is 6.54 Å². The number of methoxy groups -OCH3 is 1. The topological polar surface area (TPSA) is 71.9 Å². The molecule has 0 aliphatic heterocycles. The maximum absolute atomic E-state index is 13.8. The lowest BCUT2D eigenvalue weighted by Crippen LogP contribution is -2.18. The van der Waals surface area contributed by atoms with Crippen molar-refractivity contribution in [3.8, 4) is 11.5 Å². The second-order valence-corrected chi connectivity index (χ2v) is 7.81. The number of aromatic carboxylic acids is 1. The van der Waals surface area contributed by atoms with E-state index >= 15 is 0 Å². The summed E-state index contributed by atoms with van der Waals surface area (Å²) < 4.78 is 25.5. The summed E-state index contributed by atoms with van der Waals surface area (Å²) in [4.78, 5) is 17.2. The van der Waals surface area contributed by atoms with E-state index in [9.17, 15) is 14.3 Å². The molecule has 0 amide bonds. The molecule has 0 spiro atoms. The van der Waals surface area contributed by atoms with E-state index < -0.39 is 11.8 Å². The molecule has 3 aromatic rings. The molecule has 1 aliphatic rings. The molecular weight excluding hydrogens is 411 g/mol. The minimum Gasteiger partial charge on any atom is -0.493 e. The summed E-state index contributed by atoms with van der Waals surface area (Å²) in [6.07, 6.45) is 7.28. The zero-order valence-electron chi connectivity index (χ0n) is 17.8. The maximum Gasteiger partial charge on any atom is 0.335 e. The van der Waals surface area contributed by atoms with Gasteiger partial charge in [0.2, 0.25) is 0 Å². The van der Waals surface area contributed by atoms with Crippen LogP contribution in [0.5, 0.6) is 11.5 Å². The van der Waals surface area contributed by atoms with Crippen LogP contribution < -0.4 is 14.4 Å². The van der Waals surface area contributed by atoms with Crippen LogP contribution in [0.2, 0.25) is 0 Å². The first-order chi connectivity index (χ1) is 15.5. The molecule has 0 unspecified atom stereocenters.